The van der Waals surface area contributed by atoms with Gasteiger partial charge in [-0.05, 0) is 12.1 Å². The summed E-state index contributed by atoms with van der Waals surface area (Å²) in [5, 5.41) is 10.6. The van der Waals surface area contributed by atoms with Crippen LogP contribution in [0.3, 0.4) is 0 Å². The van der Waals surface area contributed by atoms with E-state index >= 15 is 0 Å². The van der Waals surface area contributed by atoms with Gasteiger partial charge in [-0.25, -0.2) is 0 Å². The lowest BCUT2D eigenvalue weighted by Gasteiger charge is -1.95. The smallest absolute Gasteiger partial charge is 0.320 e. The number of fused-ring (bicyclic) bond motifs is 1. The average molecular weight is 196 g/mol. The van der Waals surface area contributed by atoms with Crippen molar-refractivity contribution in [2.75, 3.05) is 5.73 Å². The second-order valence-corrected chi connectivity index (χ2v) is 2.92. The number of nitro groups is 1. The lowest BCUT2D eigenvalue weighted by Crippen LogP contribution is -1.96. The molecule has 0 unspecified atom stereocenters. The van der Waals surface area contributed by atoms with Crippen molar-refractivity contribution in [1.29, 1.82) is 0 Å². The second-order valence-electron chi connectivity index (χ2n) is 2.39. The zero-order valence-electron chi connectivity index (χ0n) is 6.30. The van der Waals surface area contributed by atoms with Crippen molar-refractivity contribution in [3.63, 3.8) is 0 Å². The number of hydrogen-bond donors (Lipinski definition) is 1. The molecule has 1 heterocycles. The molecule has 13 heavy (non-hydrogen) atoms. The van der Waals surface area contributed by atoms with Crippen LogP contribution in [-0.2, 0) is 0 Å². The van der Waals surface area contributed by atoms with Crippen molar-refractivity contribution in [3.05, 3.63) is 22.2 Å². The molecule has 1 aromatic heterocycles. The number of nitrogens with zero attached hydrogens (tertiary/aromatic N) is 3. The third-order valence-corrected chi connectivity index (χ3v) is 2.16. The van der Waals surface area contributed by atoms with Gasteiger partial charge in [-0.3, -0.25) is 10.1 Å². The van der Waals surface area contributed by atoms with Crippen LogP contribution in [0, 0.1) is 10.1 Å². The Bertz CT molecular complexity index is 480. The molecule has 0 aliphatic carbocycles. The lowest BCUT2D eigenvalue weighted by atomic mass is 10.2. The van der Waals surface area contributed by atoms with Crippen LogP contribution in [0.5, 0.6) is 0 Å². The van der Waals surface area contributed by atoms with E-state index in [1.54, 1.807) is 6.07 Å². The third-order valence-electron chi connectivity index (χ3n) is 1.61. The van der Waals surface area contributed by atoms with E-state index in [9.17, 15) is 10.1 Å². The molecule has 0 spiro atoms. The van der Waals surface area contributed by atoms with Crippen molar-refractivity contribution in [1.82, 2.24) is 8.75 Å². The predicted molar refractivity (Wildman–Crippen MR) is 48.5 cm³/mol. The van der Waals surface area contributed by atoms with Crippen molar-refractivity contribution >= 4 is 34.1 Å². The van der Waals surface area contributed by atoms with Gasteiger partial charge in [0.1, 0.15) is 11.2 Å². The third kappa shape index (κ3) is 1.09. The molecule has 0 radical (unpaired) electrons. The van der Waals surface area contributed by atoms with Crippen molar-refractivity contribution < 1.29 is 4.92 Å². The van der Waals surface area contributed by atoms with Gasteiger partial charge in [-0.1, -0.05) is 0 Å². The number of nitrogens with two attached hydrogens (primary N) is 1. The quantitative estimate of drug-likeness (QED) is 0.419. The summed E-state index contributed by atoms with van der Waals surface area (Å²) in [5.41, 5.74) is 6.16. The van der Waals surface area contributed by atoms with E-state index < -0.39 is 4.92 Å². The highest BCUT2D eigenvalue weighted by Gasteiger charge is 2.18. The van der Waals surface area contributed by atoms with E-state index in [0.717, 1.165) is 11.7 Å². The largest absolute Gasteiger partial charge is 0.393 e. The molecular formula is C6H4N4O2S. The van der Waals surface area contributed by atoms with E-state index in [4.69, 9.17) is 5.73 Å². The van der Waals surface area contributed by atoms with Crippen LogP contribution in [0.25, 0.3) is 11.0 Å². The van der Waals surface area contributed by atoms with Crippen LogP contribution in [0.4, 0.5) is 11.4 Å². The summed E-state index contributed by atoms with van der Waals surface area (Å²) >= 11 is 0.933. The van der Waals surface area contributed by atoms with Crippen molar-refractivity contribution in [3.8, 4) is 0 Å². The van der Waals surface area contributed by atoms with Crippen molar-refractivity contribution in [2.45, 2.75) is 0 Å². The highest BCUT2D eigenvalue weighted by Crippen LogP contribution is 2.29. The molecule has 2 aromatic rings. The SMILES string of the molecule is Nc1ccc2nsnc2c1[N+](=O)[O-]. The van der Waals surface area contributed by atoms with Gasteiger partial charge < -0.3 is 5.73 Å². The van der Waals surface area contributed by atoms with Gasteiger partial charge in [-0.15, -0.1) is 0 Å². The molecule has 1 aromatic carbocycles. The summed E-state index contributed by atoms with van der Waals surface area (Å²) in [6.45, 7) is 0. The molecule has 2 N–H and O–H groups in total. The van der Waals surface area contributed by atoms with Crippen LogP contribution < -0.4 is 5.73 Å². The number of benzene rings is 1. The molecule has 66 valence electrons. The predicted octanol–water partition coefficient (Wildman–Crippen LogP) is 1.18. The number of anilines is 1. The molecule has 2 rings (SSSR count). The fourth-order valence-corrected chi connectivity index (χ4v) is 1.58. The molecule has 7 heteroatoms. The van der Waals surface area contributed by atoms with Gasteiger partial charge in [0, 0.05) is 0 Å². The number of hydrogen-bond acceptors (Lipinski definition) is 6. The Morgan fingerprint density at radius 1 is 1.46 bits per heavy atom. The molecule has 0 amide bonds. The summed E-state index contributed by atoms with van der Waals surface area (Å²) in [6.07, 6.45) is 0. The minimum Gasteiger partial charge on any atom is -0.393 e. The molecule has 6 nitrogen and oxygen atoms in total. The van der Waals surface area contributed by atoms with E-state index in [-0.39, 0.29) is 16.9 Å². The van der Waals surface area contributed by atoms with Gasteiger partial charge >= 0.3 is 5.69 Å². The number of nitrogen functional groups attached to an aromatic ring is 1. The standard InChI is InChI=1S/C6H4N4O2S/c7-3-1-2-4-5(9-13-8-4)6(3)10(11)12/h1-2H,7H2. The maximum Gasteiger partial charge on any atom is 0.320 e. The van der Waals surface area contributed by atoms with Gasteiger partial charge in [-0.2, -0.15) is 8.75 Å². The maximum atomic E-state index is 10.6. The number of nitro benzene ring substituents is 1. The topological polar surface area (TPSA) is 94.9 Å². The number of aromatic nitrogens is 2. The summed E-state index contributed by atoms with van der Waals surface area (Å²) < 4.78 is 7.68. The van der Waals surface area contributed by atoms with Crippen LogP contribution in [0.15, 0.2) is 12.1 Å². The molecule has 0 bridgehead atoms. The summed E-state index contributed by atoms with van der Waals surface area (Å²) in [5.74, 6) is 0. The second kappa shape index (κ2) is 2.63. The zero-order valence-corrected chi connectivity index (χ0v) is 7.11. The van der Waals surface area contributed by atoms with E-state index in [1.807, 2.05) is 0 Å². The Hall–Kier alpha value is -1.76. The Morgan fingerprint density at radius 2 is 2.23 bits per heavy atom. The molecule has 0 atom stereocenters. The Balaban J connectivity index is 2.88. The minimum absolute atomic E-state index is 0.116. The van der Waals surface area contributed by atoms with E-state index in [2.05, 4.69) is 8.75 Å². The van der Waals surface area contributed by atoms with E-state index in [0.29, 0.717) is 5.52 Å². The molecule has 0 aliphatic heterocycles. The zero-order chi connectivity index (χ0) is 9.42. The lowest BCUT2D eigenvalue weighted by molar-refractivity contribution is -0.382. The first kappa shape index (κ1) is 7.87. The van der Waals surface area contributed by atoms with Crippen LogP contribution in [0.1, 0.15) is 0 Å². The fourth-order valence-electron chi connectivity index (χ4n) is 1.05. The Labute approximate surface area is 76.5 Å². The number of rotatable bonds is 1. The first-order chi connectivity index (χ1) is 6.20. The molecular weight excluding hydrogens is 192 g/mol. The highest BCUT2D eigenvalue weighted by molar-refractivity contribution is 7.00. The summed E-state index contributed by atoms with van der Waals surface area (Å²) in [6, 6.07) is 3.07. The Morgan fingerprint density at radius 3 is 2.92 bits per heavy atom. The minimum atomic E-state index is -0.543. The van der Waals surface area contributed by atoms with Crippen LogP contribution >= 0.6 is 11.7 Å². The van der Waals surface area contributed by atoms with Gasteiger partial charge in [0.05, 0.1) is 16.7 Å². The first-order valence-corrected chi connectivity index (χ1v) is 4.08. The summed E-state index contributed by atoms with van der Waals surface area (Å²) in [7, 11) is 0. The average Bonchev–Trinajstić information content (AvgIpc) is 2.50. The maximum absolute atomic E-state index is 10.6. The van der Waals surface area contributed by atoms with Crippen molar-refractivity contribution in [2.24, 2.45) is 0 Å². The Kier molecular flexibility index (Phi) is 1.59. The van der Waals surface area contributed by atoms with Crippen LogP contribution in [-0.4, -0.2) is 13.7 Å². The highest BCUT2D eigenvalue weighted by atomic mass is 32.1. The van der Waals surface area contributed by atoms with Crippen LogP contribution in [0.2, 0.25) is 0 Å². The van der Waals surface area contributed by atoms with Gasteiger partial charge in [0.25, 0.3) is 0 Å². The normalized spacial score (nSPS) is 10.5. The molecule has 0 saturated heterocycles. The molecule has 0 fully saturated rings. The fraction of sp³-hybridized carbons (Fsp3) is 0. The van der Waals surface area contributed by atoms with Gasteiger partial charge in [0.15, 0.2) is 5.52 Å². The van der Waals surface area contributed by atoms with E-state index in [1.165, 1.54) is 6.07 Å². The summed E-state index contributed by atoms with van der Waals surface area (Å²) in [4.78, 5) is 10.1. The molecule has 0 aliphatic rings. The molecule has 0 saturated carbocycles. The monoisotopic (exact) mass is 196 g/mol. The van der Waals surface area contributed by atoms with Gasteiger partial charge in [0.2, 0.25) is 0 Å². The first-order valence-electron chi connectivity index (χ1n) is 3.35.